The lowest BCUT2D eigenvalue weighted by Gasteiger charge is -2.19. The highest BCUT2D eigenvalue weighted by Crippen LogP contribution is 2.17. The van der Waals surface area contributed by atoms with E-state index >= 15 is 0 Å². The summed E-state index contributed by atoms with van der Waals surface area (Å²) >= 11 is 0. The summed E-state index contributed by atoms with van der Waals surface area (Å²) in [7, 11) is 0. The quantitative estimate of drug-likeness (QED) is 0.630. The van der Waals surface area contributed by atoms with Crippen LogP contribution in [0.1, 0.15) is 19.4 Å². The molecule has 0 atom stereocenters. The molecule has 1 aromatic rings. The van der Waals surface area contributed by atoms with Crippen molar-refractivity contribution in [3.63, 3.8) is 0 Å². The molecule has 1 rings (SSSR count). The van der Waals surface area contributed by atoms with E-state index in [4.69, 9.17) is 9.84 Å². The Hall–Kier alpha value is -1.10. The number of para-hydroxylation sites is 1. The van der Waals surface area contributed by atoms with Gasteiger partial charge in [0, 0.05) is 25.2 Å². The Morgan fingerprint density at radius 3 is 2.63 bits per heavy atom. The number of likely N-dealkylation sites (N-methyl/N-ethyl adjacent to an activating group) is 1. The van der Waals surface area contributed by atoms with Gasteiger partial charge in [0.05, 0.1) is 6.61 Å². The second kappa shape index (κ2) is 9.78. The third-order valence-electron chi connectivity index (χ3n) is 3.14. The topological polar surface area (TPSA) is 44.7 Å². The maximum atomic E-state index is 8.77. The standard InChI is InChI=1S/C15H26N2O2/c1-3-17(4-2)10-12-19-15-8-6-5-7-14(15)13-16-9-11-18/h5-8,16,18H,3-4,9-13H2,1-2H3. The monoisotopic (exact) mass is 266 g/mol. The van der Waals surface area contributed by atoms with Crippen LogP contribution in [-0.4, -0.2) is 49.4 Å². The summed E-state index contributed by atoms with van der Waals surface area (Å²) in [6.45, 7) is 9.58. The molecular weight excluding hydrogens is 240 g/mol. The van der Waals surface area contributed by atoms with Gasteiger partial charge in [0.25, 0.3) is 0 Å². The SMILES string of the molecule is CCN(CC)CCOc1ccccc1CNCCO. The minimum atomic E-state index is 0.158. The van der Waals surface area contributed by atoms with E-state index in [1.165, 1.54) is 0 Å². The van der Waals surface area contributed by atoms with Crippen LogP contribution in [0.5, 0.6) is 5.75 Å². The van der Waals surface area contributed by atoms with Crippen LogP contribution in [0.4, 0.5) is 0 Å². The van der Waals surface area contributed by atoms with Crippen molar-refractivity contribution in [1.82, 2.24) is 10.2 Å². The normalized spacial score (nSPS) is 10.9. The van der Waals surface area contributed by atoms with E-state index in [2.05, 4.69) is 30.1 Å². The highest BCUT2D eigenvalue weighted by atomic mass is 16.5. The fourth-order valence-corrected chi connectivity index (χ4v) is 1.92. The highest BCUT2D eigenvalue weighted by molar-refractivity contribution is 5.33. The molecule has 0 amide bonds. The van der Waals surface area contributed by atoms with E-state index in [1.54, 1.807) is 0 Å². The lowest BCUT2D eigenvalue weighted by molar-refractivity contribution is 0.221. The van der Waals surface area contributed by atoms with Crippen LogP contribution >= 0.6 is 0 Å². The first-order chi connectivity index (χ1) is 9.31. The van der Waals surface area contributed by atoms with Gasteiger partial charge in [0.2, 0.25) is 0 Å². The molecule has 0 unspecified atom stereocenters. The van der Waals surface area contributed by atoms with Crippen molar-refractivity contribution < 1.29 is 9.84 Å². The molecule has 0 bridgehead atoms. The molecule has 4 heteroatoms. The number of rotatable bonds is 10. The number of nitrogens with zero attached hydrogens (tertiary/aromatic N) is 1. The van der Waals surface area contributed by atoms with Crippen molar-refractivity contribution >= 4 is 0 Å². The van der Waals surface area contributed by atoms with Gasteiger partial charge in [-0.2, -0.15) is 0 Å². The molecule has 0 aliphatic carbocycles. The number of aliphatic hydroxyl groups excluding tert-OH is 1. The molecule has 0 saturated heterocycles. The lowest BCUT2D eigenvalue weighted by Crippen LogP contribution is -2.28. The number of benzene rings is 1. The van der Waals surface area contributed by atoms with E-state index in [9.17, 15) is 0 Å². The van der Waals surface area contributed by atoms with Crippen LogP contribution in [0.3, 0.4) is 0 Å². The molecule has 0 fully saturated rings. The van der Waals surface area contributed by atoms with E-state index in [0.29, 0.717) is 13.2 Å². The number of hydrogen-bond donors (Lipinski definition) is 2. The zero-order valence-corrected chi connectivity index (χ0v) is 12.1. The van der Waals surface area contributed by atoms with Crippen molar-refractivity contribution in [3.05, 3.63) is 29.8 Å². The zero-order valence-electron chi connectivity index (χ0n) is 12.1. The van der Waals surface area contributed by atoms with Crippen molar-refractivity contribution in [2.24, 2.45) is 0 Å². The first-order valence-corrected chi connectivity index (χ1v) is 7.06. The molecule has 0 aromatic heterocycles. The van der Waals surface area contributed by atoms with Gasteiger partial charge in [0.1, 0.15) is 12.4 Å². The summed E-state index contributed by atoms with van der Waals surface area (Å²) in [6, 6.07) is 8.05. The Balaban J connectivity index is 2.43. The minimum Gasteiger partial charge on any atom is -0.492 e. The van der Waals surface area contributed by atoms with Crippen LogP contribution < -0.4 is 10.1 Å². The van der Waals surface area contributed by atoms with Gasteiger partial charge in [0.15, 0.2) is 0 Å². The third-order valence-corrected chi connectivity index (χ3v) is 3.14. The first-order valence-electron chi connectivity index (χ1n) is 7.06. The summed E-state index contributed by atoms with van der Waals surface area (Å²) in [5.74, 6) is 0.931. The number of hydrogen-bond acceptors (Lipinski definition) is 4. The molecule has 0 spiro atoms. The summed E-state index contributed by atoms with van der Waals surface area (Å²) < 4.78 is 5.86. The van der Waals surface area contributed by atoms with E-state index in [-0.39, 0.29) is 6.61 Å². The molecule has 0 radical (unpaired) electrons. The maximum absolute atomic E-state index is 8.77. The van der Waals surface area contributed by atoms with Crippen molar-refractivity contribution in [1.29, 1.82) is 0 Å². The second-order valence-electron chi connectivity index (χ2n) is 4.38. The smallest absolute Gasteiger partial charge is 0.123 e. The van der Waals surface area contributed by atoms with Crippen LogP contribution in [0.15, 0.2) is 24.3 Å². The molecule has 0 saturated carbocycles. The fourth-order valence-electron chi connectivity index (χ4n) is 1.92. The van der Waals surface area contributed by atoms with Gasteiger partial charge in [-0.3, -0.25) is 0 Å². The Kier molecular flexibility index (Phi) is 8.21. The molecular formula is C15H26N2O2. The van der Waals surface area contributed by atoms with Gasteiger partial charge in [-0.05, 0) is 19.2 Å². The molecule has 19 heavy (non-hydrogen) atoms. The highest BCUT2D eigenvalue weighted by Gasteiger charge is 2.04. The van der Waals surface area contributed by atoms with Crippen LogP contribution in [0.2, 0.25) is 0 Å². The average Bonchev–Trinajstić information content (AvgIpc) is 2.45. The molecule has 108 valence electrons. The Bertz CT molecular complexity index is 341. The summed E-state index contributed by atoms with van der Waals surface area (Å²) in [6.07, 6.45) is 0. The second-order valence-corrected chi connectivity index (χ2v) is 4.38. The largest absolute Gasteiger partial charge is 0.492 e. The maximum Gasteiger partial charge on any atom is 0.123 e. The van der Waals surface area contributed by atoms with Gasteiger partial charge >= 0.3 is 0 Å². The Morgan fingerprint density at radius 2 is 1.95 bits per heavy atom. The van der Waals surface area contributed by atoms with Gasteiger partial charge < -0.3 is 20.1 Å². The van der Waals surface area contributed by atoms with Crippen molar-refractivity contribution in [2.45, 2.75) is 20.4 Å². The third kappa shape index (κ3) is 6.05. The summed E-state index contributed by atoms with van der Waals surface area (Å²) in [5, 5.41) is 11.9. The number of nitrogens with one attached hydrogen (secondary N) is 1. The molecule has 4 nitrogen and oxygen atoms in total. The first kappa shape index (κ1) is 16.0. The number of aliphatic hydroxyl groups is 1. The number of ether oxygens (including phenoxy) is 1. The lowest BCUT2D eigenvalue weighted by atomic mass is 10.2. The molecule has 0 aliphatic heterocycles. The van der Waals surface area contributed by atoms with Gasteiger partial charge in [-0.25, -0.2) is 0 Å². The summed E-state index contributed by atoms with van der Waals surface area (Å²) in [4.78, 5) is 2.34. The summed E-state index contributed by atoms with van der Waals surface area (Å²) in [5.41, 5.74) is 1.13. The van der Waals surface area contributed by atoms with E-state index in [0.717, 1.165) is 37.5 Å². The van der Waals surface area contributed by atoms with E-state index < -0.39 is 0 Å². The minimum absolute atomic E-state index is 0.158. The fraction of sp³-hybridized carbons (Fsp3) is 0.600. The zero-order chi connectivity index (χ0) is 13.9. The average molecular weight is 266 g/mol. The van der Waals surface area contributed by atoms with Crippen LogP contribution in [-0.2, 0) is 6.54 Å². The molecule has 0 aliphatic rings. The van der Waals surface area contributed by atoms with Crippen molar-refractivity contribution in [3.8, 4) is 5.75 Å². The van der Waals surface area contributed by atoms with Crippen molar-refractivity contribution in [2.75, 3.05) is 39.4 Å². The molecule has 0 heterocycles. The predicted molar refractivity (Wildman–Crippen MR) is 78.5 cm³/mol. The van der Waals surface area contributed by atoms with Crippen LogP contribution in [0.25, 0.3) is 0 Å². The van der Waals surface area contributed by atoms with E-state index in [1.807, 2.05) is 18.2 Å². The van der Waals surface area contributed by atoms with Gasteiger partial charge in [-0.1, -0.05) is 32.0 Å². The molecule has 1 aromatic carbocycles. The van der Waals surface area contributed by atoms with Gasteiger partial charge in [-0.15, -0.1) is 0 Å². The Labute approximate surface area is 116 Å². The molecule has 2 N–H and O–H groups in total. The van der Waals surface area contributed by atoms with Crippen LogP contribution in [0, 0.1) is 0 Å². The predicted octanol–water partition coefficient (Wildman–Crippen LogP) is 1.49. The Morgan fingerprint density at radius 1 is 1.21 bits per heavy atom.